The van der Waals surface area contributed by atoms with Crippen molar-refractivity contribution >= 4 is 9.84 Å². The molecule has 5 heteroatoms. The third-order valence-corrected chi connectivity index (χ3v) is 4.43. The summed E-state index contributed by atoms with van der Waals surface area (Å²) in [6.45, 7) is 2.05. The maximum atomic E-state index is 11.4. The molecule has 0 spiro atoms. The number of rotatable bonds is 5. The first-order valence-electron chi connectivity index (χ1n) is 6.66. The van der Waals surface area contributed by atoms with E-state index in [0.29, 0.717) is 5.75 Å². The van der Waals surface area contributed by atoms with Gasteiger partial charge < -0.3 is 10.1 Å². The van der Waals surface area contributed by atoms with Gasteiger partial charge in [-0.3, -0.25) is 0 Å². The van der Waals surface area contributed by atoms with Gasteiger partial charge in [-0.25, -0.2) is 8.42 Å². The fraction of sp³-hybridized carbons (Fsp3) is 0.250. The van der Waals surface area contributed by atoms with Crippen LogP contribution in [0.3, 0.4) is 0 Å². The number of benzene rings is 2. The largest absolute Gasteiger partial charge is 0.457 e. The SMILES string of the molecule is CNC(C)c1ccccc1Oc1ccc(S(C)(=O)=O)cc1. The second kappa shape index (κ2) is 6.28. The molecule has 21 heavy (non-hydrogen) atoms. The van der Waals surface area contributed by atoms with E-state index in [0.717, 1.165) is 11.3 Å². The third-order valence-electron chi connectivity index (χ3n) is 3.30. The van der Waals surface area contributed by atoms with Crippen molar-refractivity contribution in [3.63, 3.8) is 0 Å². The van der Waals surface area contributed by atoms with E-state index >= 15 is 0 Å². The molecule has 1 atom stereocenters. The number of nitrogens with one attached hydrogen (secondary N) is 1. The first-order valence-corrected chi connectivity index (χ1v) is 8.55. The Labute approximate surface area is 125 Å². The topological polar surface area (TPSA) is 55.4 Å². The van der Waals surface area contributed by atoms with E-state index in [1.54, 1.807) is 24.3 Å². The molecule has 0 saturated heterocycles. The Hall–Kier alpha value is -1.85. The summed E-state index contributed by atoms with van der Waals surface area (Å²) in [7, 11) is -1.29. The summed E-state index contributed by atoms with van der Waals surface area (Å²) < 4.78 is 28.7. The Balaban J connectivity index is 2.27. The van der Waals surface area contributed by atoms with Crippen LogP contribution in [-0.4, -0.2) is 21.7 Å². The van der Waals surface area contributed by atoms with E-state index in [1.807, 2.05) is 31.3 Å². The van der Waals surface area contributed by atoms with Crippen molar-refractivity contribution in [2.45, 2.75) is 17.9 Å². The van der Waals surface area contributed by atoms with Crippen molar-refractivity contribution in [3.8, 4) is 11.5 Å². The van der Waals surface area contributed by atoms with Crippen LogP contribution in [0.5, 0.6) is 11.5 Å². The molecular weight excluding hydrogens is 286 g/mol. The van der Waals surface area contributed by atoms with Crippen LogP contribution in [0.1, 0.15) is 18.5 Å². The normalized spacial score (nSPS) is 12.9. The highest BCUT2D eigenvalue weighted by atomic mass is 32.2. The molecule has 2 rings (SSSR count). The zero-order valence-corrected chi connectivity index (χ0v) is 13.1. The van der Waals surface area contributed by atoms with Crippen LogP contribution in [0.15, 0.2) is 53.4 Å². The number of hydrogen-bond acceptors (Lipinski definition) is 4. The average Bonchev–Trinajstić information content (AvgIpc) is 2.46. The monoisotopic (exact) mass is 305 g/mol. The van der Waals surface area contributed by atoms with Gasteiger partial charge in [0.05, 0.1) is 4.90 Å². The van der Waals surface area contributed by atoms with E-state index in [2.05, 4.69) is 12.2 Å². The smallest absolute Gasteiger partial charge is 0.175 e. The number of para-hydroxylation sites is 1. The van der Waals surface area contributed by atoms with E-state index in [4.69, 9.17) is 4.74 Å². The summed E-state index contributed by atoms with van der Waals surface area (Å²) in [5, 5.41) is 3.18. The van der Waals surface area contributed by atoms with Gasteiger partial charge in [0.2, 0.25) is 0 Å². The van der Waals surface area contributed by atoms with Crippen LogP contribution in [0.4, 0.5) is 0 Å². The van der Waals surface area contributed by atoms with Gasteiger partial charge in [-0.1, -0.05) is 18.2 Å². The molecule has 0 aliphatic rings. The third kappa shape index (κ3) is 3.83. The molecule has 0 aliphatic carbocycles. The lowest BCUT2D eigenvalue weighted by Crippen LogP contribution is -2.13. The lowest BCUT2D eigenvalue weighted by molar-refractivity contribution is 0.466. The molecule has 4 nitrogen and oxygen atoms in total. The standard InChI is InChI=1S/C16H19NO3S/c1-12(17-2)15-6-4-5-7-16(15)20-13-8-10-14(11-9-13)21(3,18)19/h4-12,17H,1-3H3. The molecule has 0 amide bonds. The number of sulfone groups is 1. The predicted octanol–water partition coefficient (Wildman–Crippen LogP) is 3.16. The first-order chi connectivity index (χ1) is 9.91. The minimum Gasteiger partial charge on any atom is -0.457 e. The zero-order valence-electron chi connectivity index (χ0n) is 12.3. The van der Waals surface area contributed by atoms with E-state index in [-0.39, 0.29) is 10.9 Å². The summed E-state index contributed by atoms with van der Waals surface area (Å²) >= 11 is 0. The van der Waals surface area contributed by atoms with Crippen LogP contribution in [0.2, 0.25) is 0 Å². The van der Waals surface area contributed by atoms with Crippen LogP contribution >= 0.6 is 0 Å². The van der Waals surface area contributed by atoms with Crippen molar-refractivity contribution in [2.24, 2.45) is 0 Å². The lowest BCUT2D eigenvalue weighted by atomic mass is 10.1. The lowest BCUT2D eigenvalue weighted by Gasteiger charge is -2.16. The van der Waals surface area contributed by atoms with Crippen molar-refractivity contribution < 1.29 is 13.2 Å². The minimum absolute atomic E-state index is 0.163. The van der Waals surface area contributed by atoms with Crippen LogP contribution in [0, 0.1) is 0 Å². The summed E-state index contributed by atoms with van der Waals surface area (Å²) in [6.07, 6.45) is 1.19. The molecule has 2 aromatic rings. The molecular formula is C16H19NO3S. The summed E-state index contributed by atoms with van der Waals surface area (Å²) in [4.78, 5) is 0.284. The Morgan fingerprint density at radius 2 is 1.67 bits per heavy atom. The molecule has 0 saturated carbocycles. The van der Waals surface area contributed by atoms with E-state index < -0.39 is 9.84 Å². The second-order valence-electron chi connectivity index (χ2n) is 4.89. The number of hydrogen-bond donors (Lipinski definition) is 1. The van der Waals surface area contributed by atoms with Gasteiger partial charge in [0.1, 0.15) is 11.5 Å². The van der Waals surface area contributed by atoms with Crippen LogP contribution in [-0.2, 0) is 9.84 Å². The Kier molecular flexibility index (Phi) is 4.65. The van der Waals surface area contributed by atoms with Gasteiger partial charge in [0.15, 0.2) is 9.84 Å². The highest BCUT2D eigenvalue weighted by molar-refractivity contribution is 7.90. The van der Waals surface area contributed by atoms with Gasteiger partial charge in [0, 0.05) is 17.9 Å². The highest BCUT2D eigenvalue weighted by Crippen LogP contribution is 2.29. The maximum absolute atomic E-state index is 11.4. The average molecular weight is 305 g/mol. The predicted molar refractivity (Wildman–Crippen MR) is 83.5 cm³/mol. The summed E-state index contributed by atoms with van der Waals surface area (Å²) in [5.74, 6) is 1.37. The molecule has 1 unspecified atom stereocenters. The van der Waals surface area contributed by atoms with Gasteiger partial charge in [0.25, 0.3) is 0 Å². The van der Waals surface area contributed by atoms with Crippen molar-refractivity contribution in [1.29, 1.82) is 0 Å². The second-order valence-corrected chi connectivity index (χ2v) is 6.91. The van der Waals surface area contributed by atoms with Gasteiger partial charge in [-0.2, -0.15) is 0 Å². The van der Waals surface area contributed by atoms with Gasteiger partial charge in [-0.15, -0.1) is 0 Å². The molecule has 0 aliphatic heterocycles. The fourth-order valence-electron chi connectivity index (χ4n) is 1.97. The molecule has 0 heterocycles. The summed E-state index contributed by atoms with van der Waals surface area (Å²) in [6, 6.07) is 14.4. The van der Waals surface area contributed by atoms with Crippen molar-refractivity contribution in [2.75, 3.05) is 13.3 Å². The van der Waals surface area contributed by atoms with Crippen LogP contribution in [0.25, 0.3) is 0 Å². The maximum Gasteiger partial charge on any atom is 0.175 e. The molecule has 0 fully saturated rings. The van der Waals surface area contributed by atoms with Crippen LogP contribution < -0.4 is 10.1 Å². The Bertz CT molecular complexity index is 709. The molecule has 0 radical (unpaired) electrons. The van der Waals surface area contributed by atoms with E-state index in [9.17, 15) is 8.42 Å². The fourth-order valence-corrected chi connectivity index (χ4v) is 2.60. The quantitative estimate of drug-likeness (QED) is 0.922. The van der Waals surface area contributed by atoms with Gasteiger partial charge in [-0.05, 0) is 44.3 Å². The molecule has 2 aromatic carbocycles. The first kappa shape index (κ1) is 15.5. The number of ether oxygens (including phenoxy) is 1. The zero-order chi connectivity index (χ0) is 15.5. The Morgan fingerprint density at radius 3 is 2.24 bits per heavy atom. The highest BCUT2D eigenvalue weighted by Gasteiger charge is 2.11. The summed E-state index contributed by atoms with van der Waals surface area (Å²) in [5.41, 5.74) is 1.05. The molecule has 0 bridgehead atoms. The molecule has 1 N–H and O–H groups in total. The van der Waals surface area contributed by atoms with Crippen molar-refractivity contribution in [1.82, 2.24) is 5.32 Å². The Morgan fingerprint density at radius 1 is 1.05 bits per heavy atom. The molecule has 112 valence electrons. The minimum atomic E-state index is -3.18. The molecule has 0 aromatic heterocycles. The van der Waals surface area contributed by atoms with Crippen molar-refractivity contribution in [3.05, 3.63) is 54.1 Å². The van der Waals surface area contributed by atoms with E-state index in [1.165, 1.54) is 6.26 Å². The van der Waals surface area contributed by atoms with Gasteiger partial charge >= 0.3 is 0 Å².